The molecule has 0 aliphatic carbocycles. The highest BCUT2D eigenvalue weighted by atomic mass is 19.1. The Balaban J connectivity index is 2.13. The Morgan fingerprint density at radius 3 is 2.74 bits per heavy atom. The van der Waals surface area contributed by atoms with Crippen LogP contribution in [0.3, 0.4) is 0 Å². The predicted octanol–water partition coefficient (Wildman–Crippen LogP) is 3.21. The summed E-state index contributed by atoms with van der Waals surface area (Å²) >= 11 is 0. The summed E-state index contributed by atoms with van der Waals surface area (Å²) in [5.74, 6) is 0.601. The second-order valence-electron chi connectivity index (χ2n) is 4.70. The SMILES string of the molecule is Cc1ccc(F)cc1Oc1ccc(CC(C)N)cn1. The Bertz CT molecular complexity index is 553. The Hall–Kier alpha value is -1.94. The van der Waals surface area contributed by atoms with Gasteiger partial charge in [0.1, 0.15) is 11.6 Å². The highest BCUT2D eigenvalue weighted by Gasteiger charge is 2.05. The van der Waals surface area contributed by atoms with Crippen LogP contribution in [0.1, 0.15) is 18.1 Å². The molecule has 1 atom stereocenters. The van der Waals surface area contributed by atoms with Crippen molar-refractivity contribution in [3.63, 3.8) is 0 Å². The van der Waals surface area contributed by atoms with Gasteiger partial charge in [0, 0.05) is 24.4 Å². The van der Waals surface area contributed by atoms with E-state index in [4.69, 9.17) is 10.5 Å². The summed E-state index contributed by atoms with van der Waals surface area (Å²) in [6, 6.07) is 8.21. The Labute approximate surface area is 112 Å². The van der Waals surface area contributed by atoms with E-state index in [1.165, 1.54) is 12.1 Å². The Morgan fingerprint density at radius 2 is 2.11 bits per heavy atom. The molecule has 3 nitrogen and oxygen atoms in total. The van der Waals surface area contributed by atoms with Gasteiger partial charge < -0.3 is 10.5 Å². The van der Waals surface area contributed by atoms with Crippen LogP contribution in [-0.4, -0.2) is 11.0 Å². The van der Waals surface area contributed by atoms with Crippen molar-refractivity contribution in [2.24, 2.45) is 5.73 Å². The van der Waals surface area contributed by atoms with Crippen molar-refractivity contribution in [1.29, 1.82) is 0 Å². The van der Waals surface area contributed by atoms with Crippen molar-refractivity contribution < 1.29 is 9.13 Å². The third-order valence-corrected chi connectivity index (χ3v) is 2.72. The number of aromatic nitrogens is 1. The van der Waals surface area contributed by atoms with Crippen LogP contribution in [0.15, 0.2) is 36.5 Å². The number of hydrogen-bond donors (Lipinski definition) is 1. The number of aryl methyl sites for hydroxylation is 1. The molecule has 2 aromatic rings. The molecule has 1 heterocycles. The third-order valence-electron chi connectivity index (χ3n) is 2.72. The van der Waals surface area contributed by atoms with Crippen molar-refractivity contribution >= 4 is 0 Å². The molecule has 1 aromatic carbocycles. The van der Waals surface area contributed by atoms with Gasteiger partial charge >= 0.3 is 0 Å². The first-order valence-corrected chi connectivity index (χ1v) is 6.19. The minimum Gasteiger partial charge on any atom is -0.439 e. The summed E-state index contributed by atoms with van der Waals surface area (Å²) in [5.41, 5.74) is 7.64. The van der Waals surface area contributed by atoms with Crippen LogP contribution in [-0.2, 0) is 6.42 Å². The van der Waals surface area contributed by atoms with Gasteiger partial charge in [-0.15, -0.1) is 0 Å². The number of hydrogen-bond acceptors (Lipinski definition) is 3. The summed E-state index contributed by atoms with van der Waals surface area (Å²) in [6.45, 7) is 3.81. The maximum Gasteiger partial charge on any atom is 0.219 e. The van der Waals surface area contributed by atoms with Crippen LogP contribution in [0, 0.1) is 12.7 Å². The van der Waals surface area contributed by atoms with E-state index in [9.17, 15) is 4.39 Å². The minimum atomic E-state index is -0.325. The van der Waals surface area contributed by atoms with E-state index in [1.807, 2.05) is 19.9 Å². The van der Waals surface area contributed by atoms with E-state index in [0.717, 1.165) is 17.5 Å². The zero-order valence-electron chi connectivity index (χ0n) is 11.1. The molecule has 2 N–H and O–H groups in total. The maximum absolute atomic E-state index is 13.1. The highest BCUT2D eigenvalue weighted by molar-refractivity contribution is 5.35. The molecule has 0 saturated heterocycles. The van der Waals surface area contributed by atoms with Gasteiger partial charge in [0.05, 0.1) is 0 Å². The fourth-order valence-corrected chi connectivity index (χ4v) is 1.76. The van der Waals surface area contributed by atoms with Crippen molar-refractivity contribution in [3.05, 3.63) is 53.5 Å². The van der Waals surface area contributed by atoms with E-state index >= 15 is 0 Å². The Kier molecular flexibility index (Phi) is 4.12. The zero-order chi connectivity index (χ0) is 13.8. The van der Waals surface area contributed by atoms with E-state index in [0.29, 0.717) is 11.6 Å². The molecule has 0 bridgehead atoms. The predicted molar refractivity (Wildman–Crippen MR) is 72.8 cm³/mol. The van der Waals surface area contributed by atoms with Gasteiger partial charge in [0.15, 0.2) is 0 Å². The van der Waals surface area contributed by atoms with Gasteiger partial charge in [-0.2, -0.15) is 0 Å². The molecule has 1 aromatic heterocycles. The van der Waals surface area contributed by atoms with Gasteiger partial charge in [0.2, 0.25) is 5.88 Å². The first-order valence-electron chi connectivity index (χ1n) is 6.19. The van der Waals surface area contributed by atoms with Crippen molar-refractivity contribution in [2.75, 3.05) is 0 Å². The lowest BCUT2D eigenvalue weighted by molar-refractivity contribution is 0.454. The van der Waals surface area contributed by atoms with E-state index in [-0.39, 0.29) is 11.9 Å². The van der Waals surface area contributed by atoms with Gasteiger partial charge in [-0.05, 0) is 37.5 Å². The molecular formula is C15H17FN2O. The van der Waals surface area contributed by atoms with Crippen LogP contribution < -0.4 is 10.5 Å². The molecule has 4 heteroatoms. The molecule has 0 aliphatic heterocycles. The van der Waals surface area contributed by atoms with Crippen LogP contribution in [0.4, 0.5) is 4.39 Å². The lowest BCUT2D eigenvalue weighted by Gasteiger charge is -2.09. The number of pyridine rings is 1. The smallest absolute Gasteiger partial charge is 0.219 e. The average Bonchev–Trinajstić information content (AvgIpc) is 2.35. The van der Waals surface area contributed by atoms with Crippen molar-refractivity contribution in [2.45, 2.75) is 26.3 Å². The molecule has 2 rings (SSSR count). The van der Waals surface area contributed by atoms with E-state index in [2.05, 4.69) is 4.98 Å². The van der Waals surface area contributed by atoms with Crippen LogP contribution in [0.5, 0.6) is 11.6 Å². The minimum absolute atomic E-state index is 0.0963. The van der Waals surface area contributed by atoms with Gasteiger partial charge in [-0.25, -0.2) is 9.37 Å². The molecule has 100 valence electrons. The average molecular weight is 260 g/mol. The van der Waals surface area contributed by atoms with Crippen LogP contribution in [0.25, 0.3) is 0 Å². The van der Waals surface area contributed by atoms with Gasteiger partial charge in [-0.1, -0.05) is 12.1 Å². The number of ether oxygens (including phenoxy) is 1. The fourth-order valence-electron chi connectivity index (χ4n) is 1.76. The molecule has 1 unspecified atom stereocenters. The molecule has 0 fully saturated rings. The second-order valence-corrected chi connectivity index (χ2v) is 4.70. The summed E-state index contributed by atoms with van der Waals surface area (Å²) < 4.78 is 18.7. The molecule has 0 saturated carbocycles. The van der Waals surface area contributed by atoms with E-state index in [1.54, 1.807) is 18.3 Å². The maximum atomic E-state index is 13.1. The fraction of sp³-hybridized carbons (Fsp3) is 0.267. The van der Waals surface area contributed by atoms with Gasteiger partial charge in [-0.3, -0.25) is 0 Å². The van der Waals surface area contributed by atoms with Gasteiger partial charge in [0.25, 0.3) is 0 Å². The molecule has 0 aliphatic rings. The summed E-state index contributed by atoms with van der Waals surface area (Å²) in [6.07, 6.45) is 2.50. The number of benzene rings is 1. The van der Waals surface area contributed by atoms with Crippen molar-refractivity contribution in [3.8, 4) is 11.6 Å². The Morgan fingerprint density at radius 1 is 1.32 bits per heavy atom. The summed E-state index contributed by atoms with van der Waals surface area (Å²) in [4.78, 5) is 4.20. The molecule has 0 amide bonds. The number of rotatable bonds is 4. The third kappa shape index (κ3) is 3.76. The van der Waals surface area contributed by atoms with E-state index < -0.39 is 0 Å². The summed E-state index contributed by atoms with van der Waals surface area (Å²) in [7, 11) is 0. The van der Waals surface area contributed by atoms with Crippen LogP contribution in [0.2, 0.25) is 0 Å². The number of halogens is 1. The summed E-state index contributed by atoms with van der Waals surface area (Å²) in [5, 5.41) is 0. The second kappa shape index (κ2) is 5.80. The first kappa shape index (κ1) is 13.5. The largest absolute Gasteiger partial charge is 0.439 e. The quantitative estimate of drug-likeness (QED) is 0.918. The normalized spacial score (nSPS) is 12.2. The first-order chi connectivity index (χ1) is 9.04. The standard InChI is InChI=1S/C15H17FN2O/c1-10-3-5-13(16)8-14(10)19-15-6-4-12(9-18-15)7-11(2)17/h3-6,8-9,11H,7,17H2,1-2H3. The number of nitrogens with two attached hydrogens (primary N) is 1. The monoisotopic (exact) mass is 260 g/mol. The topological polar surface area (TPSA) is 48.1 Å². The highest BCUT2D eigenvalue weighted by Crippen LogP contribution is 2.24. The lowest BCUT2D eigenvalue weighted by atomic mass is 10.1. The van der Waals surface area contributed by atoms with Crippen LogP contribution >= 0.6 is 0 Å². The molecule has 19 heavy (non-hydrogen) atoms. The number of nitrogens with zero attached hydrogens (tertiary/aromatic N) is 1. The lowest BCUT2D eigenvalue weighted by Crippen LogP contribution is -2.17. The molecule has 0 spiro atoms. The molecule has 0 radical (unpaired) electrons. The molecular weight excluding hydrogens is 243 g/mol. The zero-order valence-corrected chi connectivity index (χ0v) is 11.1. The van der Waals surface area contributed by atoms with Crippen molar-refractivity contribution in [1.82, 2.24) is 4.98 Å².